The van der Waals surface area contributed by atoms with Crippen molar-refractivity contribution in [3.63, 3.8) is 0 Å². The Morgan fingerprint density at radius 2 is 1.91 bits per heavy atom. The highest BCUT2D eigenvalue weighted by Gasteiger charge is 2.26. The molecular formula is C17H29N9O5S. The van der Waals surface area contributed by atoms with Crippen LogP contribution in [-0.4, -0.2) is 81.7 Å². The summed E-state index contributed by atoms with van der Waals surface area (Å²) in [5, 5.41) is 16.4. The fraction of sp³-hybridized carbons (Fsp3) is 0.529. The van der Waals surface area contributed by atoms with Crippen molar-refractivity contribution in [2.45, 2.75) is 37.4 Å². The van der Waals surface area contributed by atoms with Crippen molar-refractivity contribution in [1.29, 1.82) is 0 Å². The minimum atomic E-state index is -1.25. The van der Waals surface area contributed by atoms with Crippen molar-refractivity contribution in [3.8, 4) is 0 Å². The lowest BCUT2D eigenvalue weighted by Crippen LogP contribution is -2.54. The maximum absolute atomic E-state index is 12.4. The molecule has 32 heavy (non-hydrogen) atoms. The van der Waals surface area contributed by atoms with Crippen molar-refractivity contribution in [2.24, 2.45) is 22.2 Å². The summed E-state index contributed by atoms with van der Waals surface area (Å²) >= 11 is 4.02. The molecule has 0 aliphatic carbocycles. The van der Waals surface area contributed by atoms with Crippen LogP contribution >= 0.6 is 12.6 Å². The predicted molar refractivity (Wildman–Crippen MR) is 119 cm³/mol. The van der Waals surface area contributed by atoms with Crippen LogP contribution in [0.4, 0.5) is 0 Å². The zero-order valence-corrected chi connectivity index (χ0v) is 18.2. The third kappa shape index (κ3) is 10.1. The number of rotatable bonds is 14. The molecule has 3 unspecified atom stereocenters. The van der Waals surface area contributed by atoms with Crippen LogP contribution in [0.25, 0.3) is 0 Å². The first kappa shape index (κ1) is 26.7. The van der Waals surface area contributed by atoms with E-state index in [0.29, 0.717) is 25.1 Å². The van der Waals surface area contributed by atoms with Crippen LogP contribution in [0.1, 0.15) is 18.5 Å². The minimum Gasteiger partial charge on any atom is -0.480 e. The van der Waals surface area contributed by atoms with Crippen LogP contribution in [0, 0.1) is 0 Å². The Kier molecular flexibility index (Phi) is 11.6. The van der Waals surface area contributed by atoms with Gasteiger partial charge in [0.25, 0.3) is 0 Å². The summed E-state index contributed by atoms with van der Waals surface area (Å²) in [6, 6.07) is -3.21. The largest absolute Gasteiger partial charge is 0.480 e. The number of carboxylic acids is 1. The van der Waals surface area contributed by atoms with Crippen molar-refractivity contribution in [1.82, 2.24) is 25.9 Å². The number of hydrogen-bond acceptors (Lipinski definition) is 8. The smallest absolute Gasteiger partial charge is 0.326 e. The van der Waals surface area contributed by atoms with E-state index < -0.39 is 48.4 Å². The summed E-state index contributed by atoms with van der Waals surface area (Å²) in [4.78, 5) is 58.2. The van der Waals surface area contributed by atoms with Gasteiger partial charge in [0.05, 0.1) is 18.9 Å². The fourth-order valence-corrected chi connectivity index (χ4v) is 2.73. The lowest BCUT2D eigenvalue weighted by atomic mass is 10.1. The Hall–Kier alpha value is -3.33. The number of carboxylic acid groups (broad SMARTS) is 1. The molecule has 0 aromatic carbocycles. The van der Waals surface area contributed by atoms with Crippen LogP contribution in [0.5, 0.6) is 0 Å². The molecule has 0 radical (unpaired) electrons. The highest BCUT2D eigenvalue weighted by molar-refractivity contribution is 7.80. The van der Waals surface area contributed by atoms with Crippen molar-refractivity contribution < 1.29 is 24.3 Å². The van der Waals surface area contributed by atoms with E-state index in [2.05, 4.69) is 43.5 Å². The number of imidazole rings is 1. The Labute approximate surface area is 189 Å². The van der Waals surface area contributed by atoms with Crippen LogP contribution < -0.4 is 33.2 Å². The number of thiol groups is 1. The molecule has 1 rings (SSSR count). The van der Waals surface area contributed by atoms with Gasteiger partial charge < -0.3 is 43.2 Å². The summed E-state index contributed by atoms with van der Waals surface area (Å²) in [5.41, 5.74) is 16.7. The van der Waals surface area contributed by atoms with E-state index in [9.17, 15) is 24.3 Å². The maximum atomic E-state index is 12.4. The van der Waals surface area contributed by atoms with Gasteiger partial charge in [0.15, 0.2) is 5.96 Å². The molecule has 0 aliphatic rings. The van der Waals surface area contributed by atoms with Crippen molar-refractivity contribution in [2.75, 3.05) is 18.8 Å². The first-order valence-electron chi connectivity index (χ1n) is 9.63. The molecule has 1 heterocycles. The van der Waals surface area contributed by atoms with Gasteiger partial charge >= 0.3 is 5.97 Å². The molecular weight excluding hydrogens is 442 g/mol. The maximum Gasteiger partial charge on any atom is 0.326 e. The molecule has 0 fully saturated rings. The second-order valence-electron chi connectivity index (χ2n) is 6.76. The number of hydrogen-bond donors (Lipinski definition) is 9. The molecule has 15 heteroatoms. The number of nitrogens with one attached hydrogen (secondary N) is 4. The number of nitrogens with zero attached hydrogens (tertiary/aromatic N) is 2. The molecule has 0 saturated carbocycles. The van der Waals surface area contributed by atoms with E-state index in [4.69, 9.17) is 17.2 Å². The van der Waals surface area contributed by atoms with Crippen LogP contribution in [0.2, 0.25) is 0 Å². The Morgan fingerprint density at radius 3 is 2.47 bits per heavy atom. The zero-order chi connectivity index (χ0) is 24.1. The molecule has 1 aromatic heterocycles. The number of aliphatic carboxylic acids is 1. The number of aromatic amines is 1. The SMILES string of the molecule is NC(N)=NCCCC(N)C(=O)NCC(=O)NC(CS)C(=O)NC(Cc1cnc[nH]1)C(=O)O. The Morgan fingerprint density at radius 1 is 1.19 bits per heavy atom. The van der Waals surface area contributed by atoms with Gasteiger partial charge in [0.2, 0.25) is 17.7 Å². The van der Waals surface area contributed by atoms with Crippen molar-refractivity contribution in [3.05, 3.63) is 18.2 Å². The highest BCUT2D eigenvalue weighted by atomic mass is 32.1. The number of H-pyrrole nitrogens is 1. The lowest BCUT2D eigenvalue weighted by molar-refractivity contribution is -0.142. The number of aromatic nitrogens is 2. The van der Waals surface area contributed by atoms with Crippen LogP contribution in [0.3, 0.4) is 0 Å². The van der Waals surface area contributed by atoms with Crippen molar-refractivity contribution >= 4 is 42.3 Å². The second-order valence-corrected chi connectivity index (χ2v) is 7.12. The van der Waals surface area contributed by atoms with E-state index >= 15 is 0 Å². The van der Waals surface area contributed by atoms with Gasteiger partial charge in [0.1, 0.15) is 12.1 Å². The van der Waals surface area contributed by atoms with E-state index in [1.807, 2.05) is 0 Å². The summed E-state index contributed by atoms with van der Waals surface area (Å²) < 4.78 is 0. The summed E-state index contributed by atoms with van der Waals surface area (Å²) in [5.74, 6) is -3.35. The molecule has 0 bridgehead atoms. The van der Waals surface area contributed by atoms with Gasteiger partial charge in [-0.3, -0.25) is 19.4 Å². The summed E-state index contributed by atoms with van der Waals surface area (Å²) in [6.45, 7) is -0.102. The van der Waals surface area contributed by atoms with Gasteiger partial charge in [-0.25, -0.2) is 9.78 Å². The normalized spacial score (nSPS) is 13.3. The standard InChI is InChI=1S/C17H29N9O5S/c18-10(2-1-3-22-17(19)20)14(28)23-6-13(27)25-12(7-32)15(29)26-11(16(30)31)4-9-5-21-8-24-9/h5,8,10-12,32H,1-4,6-7,18H2,(H,21,24)(H,23,28)(H,25,27)(H,26,29)(H,30,31)(H4,19,20,22). The number of carbonyl (C=O) groups excluding carboxylic acids is 3. The zero-order valence-electron chi connectivity index (χ0n) is 17.3. The van der Waals surface area contributed by atoms with E-state index in [0.717, 1.165) is 0 Å². The van der Waals surface area contributed by atoms with Gasteiger partial charge in [-0.2, -0.15) is 12.6 Å². The van der Waals surface area contributed by atoms with Gasteiger partial charge in [-0.05, 0) is 12.8 Å². The average Bonchev–Trinajstić information content (AvgIpc) is 3.25. The first-order chi connectivity index (χ1) is 15.1. The van der Waals surface area contributed by atoms with Gasteiger partial charge in [-0.1, -0.05) is 0 Å². The topological polar surface area (TPSA) is 244 Å². The molecule has 3 atom stereocenters. The molecule has 14 nitrogen and oxygen atoms in total. The monoisotopic (exact) mass is 471 g/mol. The quantitative estimate of drug-likeness (QED) is 0.0563. The van der Waals surface area contributed by atoms with Crippen LogP contribution in [0.15, 0.2) is 17.5 Å². The second kappa shape index (κ2) is 13.9. The van der Waals surface area contributed by atoms with Gasteiger partial charge in [0, 0.05) is 30.6 Å². The average molecular weight is 472 g/mol. The minimum absolute atomic E-state index is 0.0224. The highest BCUT2D eigenvalue weighted by Crippen LogP contribution is 2.00. The van der Waals surface area contributed by atoms with E-state index in [-0.39, 0.29) is 18.1 Å². The molecule has 0 spiro atoms. The summed E-state index contributed by atoms with van der Waals surface area (Å²) in [6.07, 6.45) is 3.58. The molecule has 1 aromatic rings. The number of guanidine groups is 1. The Bertz CT molecular complexity index is 798. The molecule has 3 amide bonds. The molecule has 0 aliphatic heterocycles. The fourth-order valence-electron chi connectivity index (χ4n) is 2.48. The first-order valence-corrected chi connectivity index (χ1v) is 10.3. The predicted octanol–water partition coefficient (Wildman–Crippen LogP) is -3.57. The third-order valence-corrected chi connectivity index (χ3v) is 4.52. The van der Waals surface area contributed by atoms with E-state index in [1.54, 1.807) is 0 Å². The Balaban J connectivity index is 2.47. The van der Waals surface area contributed by atoms with E-state index in [1.165, 1.54) is 12.5 Å². The van der Waals surface area contributed by atoms with Gasteiger partial charge in [-0.15, -0.1) is 0 Å². The molecule has 178 valence electrons. The number of carbonyl (C=O) groups is 4. The lowest BCUT2D eigenvalue weighted by Gasteiger charge is -2.20. The molecule has 0 saturated heterocycles. The number of nitrogens with two attached hydrogens (primary N) is 3. The number of aliphatic imine (C=N–C) groups is 1. The third-order valence-electron chi connectivity index (χ3n) is 4.16. The summed E-state index contributed by atoms with van der Waals surface area (Å²) in [7, 11) is 0. The van der Waals surface area contributed by atoms with Crippen LogP contribution in [-0.2, 0) is 25.6 Å². The molecule has 11 N–H and O–H groups in total. The number of amides is 3.